The lowest BCUT2D eigenvalue weighted by molar-refractivity contribution is 0.0635. The molecule has 6 nitrogen and oxygen atoms in total. The third-order valence-electron chi connectivity index (χ3n) is 1.82. The summed E-state index contributed by atoms with van der Waals surface area (Å²) in [4.78, 5) is 15.0. The van der Waals surface area contributed by atoms with E-state index in [0.29, 0.717) is 0 Å². The third kappa shape index (κ3) is 3.97. The number of nitrogens with one attached hydrogen (secondary N) is 1. The Balaban J connectivity index is 2.86. The van der Waals surface area contributed by atoms with Crippen LogP contribution in [0.3, 0.4) is 0 Å². The van der Waals surface area contributed by atoms with Gasteiger partial charge in [0, 0.05) is 11.7 Å². The van der Waals surface area contributed by atoms with Crippen LogP contribution in [0, 0.1) is 5.82 Å². The van der Waals surface area contributed by atoms with Crippen LogP contribution in [0.5, 0.6) is 0 Å². The van der Waals surface area contributed by atoms with Crippen molar-refractivity contribution >= 4 is 24.4 Å². The summed E-state index contributed by atoms with van der Waals surface area (Å²) in [6.07, 6.45) is 1.15. The van der Waals surface area contributed by atoms with E-state index in [2.05, 4.69) is 10.3 Å². The van der Waals surface area contributed by atoms with E-state index in [-0.39, 0.29) is 5.69 Å². The van der Waals surface area contributed by atoms with Gasteiger partial charge < -0.3 is 14.8 Å². The first-order chi connectivity index (χ1) is 8.20. The summed E-state index contributed by atoms with van der Waals surface area (Å²) in [7, 11) is -2.00. The molecule has 0 aliphatic carbocycles. The van der Waals surface area contributed by atoms with Crippen molar-refractivity contribution in [2.24, 2.45) is 0 Å². The number of carbonyl (C=O) groups excluding carboxylic acids is 1. The van der Waals surface area contributed by atoms with Gasteiger partial charge in [-0.15, -0.1) is 0 Å². The molecular formula is C10H14BFN2O4. The number of carbonyl (C=O) groups is 1. The number of hydrogen-bond donors (Lipinski definition) is 3. The van der Waals surface area contributed by atoms with Crippen molar-refractivity contribution in [1.29, 1.82) is 0 Å². The number of anilines is 1. The third-order valence-corrected chi connectivity index (χ3v) is 1.82. The molecule has 0 fully saturated rings. The van der Waals surface area contributed by atoms with Crippen molar-refractivity contribution in [3.05, 3.63) is 18.2 Å². The van der Waals surface area contributed by atoms with Crippen LogP contribution in [0.1, 0.15) is 20.8 Å². The first-order valence-corrected chi connectivity index (χ1v) is 5.20. The average molecular weight is 256 g/mol. The molecule has 0 spiro atoms. The van der Waals surface area contributed by atoms with Crippen molar-refractivity contribution < 1.29 is 24.0 Å². The molecule has 1 aromatic rings. The Kier molecular flexibility index (Phi) is 4.26. The van der Waals surface area contributed by atoms with Gasteiger partial charge in [0.05, 0.1) is 11.9 Å². The largest absolute Gasteiger partial charge is 0.493 e. The highest BCUT2D eigenvalue weighted by Crippen LogP contribution is 2.13. The highest BCUT2D eigenvalue weighted by molar-refractivity contribution is 6.58. The SMILES string of the molecule is CC(C)(C)OC(=O)Nc1cncc(B(O)O)c1F. The lowest BCUT2D eigenvalue weighted by atomic mass is 9.81. The van der Waals surface area contributed by atoms with Crippen LogP contribution in [-0.4, -0.2) is 33.8 Å². The summed E-state index contributed by atoms with van der Waals surface area (Å²) >= 11 is 0. The molecule has 1 amide bonds. The molecule has 98 valence electrons. The molecule has 0 bridgehead atoms. The van der Waals surface area contributed by atoms with Gasteiger partial charge in [-0.05, 0) is 20.8 Å². The van der Waals surface area contributed by atoms with Gasteiger partial charge in [0.2, 0.25) is 0 Å². The minimum absolute atomic E-state index is 0.283. The van der Waals surface area contributed by atoms with Gasteiger partial charge >= 0.3 is 13.2 Å². The van der Waals surface area contributed by atoms with Gasteiger partial charge in [-0.25, -0.2) is 9.18 Å². The monoisotopic (exact) mass is 256 g/mol. The van der Waals surface area contributed by atoms with E-state index in [1.165, 1.54) is 0 Å². The molecule has 0 unspecified atom stereocenters. The normalized spacial score (nSPS) is 11.0. The summed E-state index contributed by atoms with van der Waals surface area (Å²) in [6, 6.07) is 0. The quantitative estimate of drug-likeness (QED) is 0.659. The molecule has 0 atom stereocenters. The fraction of sp³-hybridized carbons (Fsp3) is 0.400. The molecule has 1 aromatic heterocycles. The van der Waals surface area contributed by atoms with E-state index in [9.17, 15) is 9.18 Å². The summed E-state index contributed by atoms with van der Waals surface area (Å²) in [5, 5.41) is 19.9. The maximum atomic E-state index is 13.7. The second-order valence-electron chi connectivity index (χ2n) is 4.59. The fourth-order valence-electron chi connectivity index (χ4n) is 1.14. The van der Waals surface area contributed by atoms with Crippen LogP contribution in [0.25, 0.3) is 0 Å². The Morgan fingerprint density at radius 2 is 2.06 bits per heavy atom. The average Bonchev–Trinajstić information content (AvgIpc) is 2.17. The van der Waals surface area contributed by atoms with E-state index < -0.39 is 30.1 Å². The Hall–Kier alpha value is -1.67. The topological polar surface area (TPSA) is 91.7 Å². The van der Waals surface area contributed by atoms with E-state index in [1.54, 1.807) is 20.8 Å². The number of aromatic nitrogens is 1. The molecule has 1 heterocycles. The van der Waals surface area contributed by atoms with Crippen molar-refractivity contribution in [3.8, 4) is 0 Å². The van der Waals surface area contributed by atoms with Crippen LogP contribution in [-0.2, 0) is 4.74 Å². The molecule has 0 saturated carbocycles. The number of ether oxygens (including phenoxy) is 1. The molecule has 18 heavy (non-hydrogen) atoms. The Labute approximate surface area is 104 Å². The van der Waals surface area contributed by atoms with Gasteiger partial charge in [-0.1, -0.05) is 0 Å². The van der Waals surface area contributed by atoms with E-state index in [4.69, 9.17) is 14.8 Å². The smallest absolute Gasteiger partial charge is 0.444 e. The van der Waals surface area contributed by atoms with Crippen molar-refractivity contribution in [3.63, 3.8) is 0 Å². The Morgan fingerprint density at radius 1 is 1.44 bits per heavy atom. The summed E-state index contributed by atoms with van der Waals surface area (Å²) < 4.78 is 18.6. The van der Waals surface area contributed by atoms with E-state index in [1.807, 2.05) is 0 Å². The van der Waals surface area contributed by atoms with Gasteiger partial charge in [0.25, 0.3) is 0 Å². The van der Waals surface area contributed by atoms with Crippen LogP contribution < -0.4 is 10.8 Å². The van der Waals surface area contributed by atoms with Crippen LogP contribution in [0.15, 0.2) is 12.4 Å². The standard InChI is InChI=1S/C10H14BFN2O4/c1-10(2,3)18-9(15)14-7-5-13-4-6(8(7)12)11(16)17/h4-5,16-17H,1-3H3,(H,14,15). The van der Waals surface area contributed by atoms with Crippen molar-refractivity contribution in [1.82, 2.24) is 4.98 Å². The lowest BCUT2D eigenvalue weighted by Crippen LogP contribution is -2.34. The second-order valence-corrected chi connectivity index (χ2v) is 4.59. The zero-order chi connectivity index (χ0) is 13.9. The number of halogens is 1. The van der Waals surface area contributed by atoms with Gasteiger partial charge in [-0.3, -0.25) is 10.3 Å². The minimum atomic E-state index is -2.00. The maximum Gasteiger partial charge on any atom is 0.493 e. The molecule has 1 rings (SSSR count). The number of nitrogens with zero attached hydrogens (tertiary/aromatic N) is 1. The Morgan fingerprint density at radius 3 is 2.56 bits per heavy atom. The number of rotatable bonds is 2. The summed E-state index contributed by atoms with van der Waals surface area (Å²) in [6.45, 7) is 4.99. The maximum absolute atomic E-state index is 13.7. The van der Waals surface area contributed by atoms with Gasteiger partial charge in [0.1, 0.15) is 11.4 Å². The lowest BCUT2D eigenvalue weighted by Gasteiger charge is -2.19. The first-order valence-electron chi connectivity index (χ1n) is 5.20. The van der Waals surface area contributed by atoms with Crippen molar-refractivity contribution in [2.75, 3.05) is 5.32 Å². The Bertz CT molecular complexity index is 448. The molecule has 0 aliphatic rings. The van der Waals surface area contributed by atoms with Crippen LogP contribution >= 0.6 is 0 Å². The zero-order valence-electron chi connectivity index (χ0n) is 10.3. The highest BCUT2D eigenvalue weighted by atomic mass is 19.1. The fourth-order valence-corrected chi connectivity index (χ4v) is 1.14. The predicted octanol–water partition coefficient (Wildman–Crippen LogP) is 0.247. The van der Waals surface area contributed by atoms with Crippen LogP contribution in [0.2, 0.25) is 0 Å². The molecular weight excluding hydrogens is 242 g/mol. The molecule has 0 radical (unpaired) electrons. The van der Waals surface area contributed by atoms with Crippen molar-refractivity contribution in [2.45, 2.75) is 26.4 Å². The zero-order valence-corrected chi connectivity index (χ0v) is 10.3. The number of hydrogen-bond acceptors (Lipinski definition) is 5. The molecule has 3 N–H and O–H groups in total. The molecule has 0 aliphatic heterocycles. The first kappa shape index (κ1) is 14.4. The van der Waals surface area contributed by atoms with E-state index >= 15 is 0 Å². The number of amides is 1. The van der Waals surface area contributed by atoms with Gasteiger partial charge in [-0.2, -0.15) is 0 Å². The molecule has 0 aromatic carbocycles. The van der Waals surface area contributed by atoms with Gasteiger partial charge in [0.15, 0.2) is 0 Å². The molecule has 8 heteroatoms. The summed E-state index contributed by atoms with van der Waals surface area (Å²) in [5.41, 5.74) is -1.43. The van der Waals surface area contributed by atoms with E-state index in [0.717, 1.165) is 12.4 Å². The second kappa shape index (κ2) is 5.32. The highest BCUT2D eigenvalue weighted by Gasteiger charge is 2.22. The van der Waals surface area contributed by atoms with Crippen LogP contribution in [0.4, 0.5) is 14.9 Å². The molecule has 0 saturated heterocycles. The predicted molar refractivity (Wildman–Crippen MR) is 63.9 cm³/mol. The summed E-state index contributed by atoms with van der Waals surface area (Å²) in [5.74, 6) is -0.967. The number of pyridine rings is 1. The minimum Gasteiger partial charge on any atom is -0.444 e.